The maximum Gasteiger partial charge on any atom is 0.262 e. The third kappa shape index (κ3) is 5.97. The molecule has 0 aliphatic carbocycles. The van der Waals surface area contributed by atoms with Gasteiger partial charge in [0.25, 0.3) is 5.91 Å². The second-order valence-electron chi connectivity index (χ2n) is 6.55. The Kier molecular flexibility index (Phi) is 6.68. The highest BCUT2D eigenvalue weighted by Crippen LogP contribution is 2.28. The van der Waals surface area contributed by atoms with Crippen molar-refractivity contribution in [2.24, 2.45) is 0 Å². The van der Waals surface area contributed by atoms with Crippen molar-refractivity contribution in [1.29, 1.82) is 0 Å². The standard InChI is InChI=1S/C23H23FN2O3/c1-16-4-3-5-20(12-16)26-23(27)15-29-21-11-6-17(13-22(21)28-2)14-25-19-9-7-18(24)8-10-19/h3-13,25H,14-15H2,1-2H3,(H,26,27). The maximum atomic E-state index is 13.0. The average molecular weight is 394 g/mol. The molecule has 3 aromatic carbocycles. The molecule has 29 heavy (non-hydrogen) atoms. The fourth-order valence-electron chi connectivity index (χ4n) is 2.78. The molecule has 3 aromatic rings. The van der Waals surface area contributed by atoms with Gasteiger partial charge in [-0.15, -0.1) is 0 Å². The Bertz CT molecular complexity index is 974. The smallest absolute Gasteiger partial charge is 0.262 e. The lowest BCUT2D eigenvalue weighted by Crippen LogP contribution is -2.20. The van der Waals surface area contributed by atoms with E-state index in [1.165, 1.54) is 12.1 Å². The number of carbonyl (C=O) groups is 1. The molecule has 0 aromatic heterocycles. The van der Waals surface area contributed by atoms with Crippen molar-refractivity contribution < 1.29 is 18.7 Å². The molecule has 0 saturated carbocycles. The number of nitrogens with one attached hydrogen (secondary N) is 2. The fourth-order valence-corrected chi connectivity index (χ4v) is 2.78. The highest BCUT2D eigenvalue weighted by molar-refractivity contribution is 5.91. The predicted octanol–water partition coefficient (Wildman–Crippen LogP) is 4.77. The number of carbonyl (C=O) groups excluding carboxylic acids is 1. The lowest BCUT2D eigenvalue weighted by molar-refractivity contribution is -0.118. The van der Waals surface area contributed by atoms with Gasteiger partial charge in [0.05, 0.1) is 7.11 Å². The molecule has 1 amide bonds. The first-order valence-electron chi connectivity index (χ1n) is 9.19. The molecule has 0 unspecified atom stereocenters. The molecule has 5 nitrogen and oxygen atoms in total. The van der Waals surface area contributed by atoms with E-state index in [2.05, 4.69) is 10.6 Å². The van der Waals surface area contributed by atoms with E-state index in [0.717, 1.165) is 22.5 Å². The van der Waals surface area contributed by atoms with Crippen LogP contribution in [-0.2, 0) is 11.3 Å². The first-order valence-corrected chi connectivity index (χ1v) is 9.19. The normalized spacial score (nSPS) is 10.3. The minimum Gasteiger partial charge on any atom is -0.493 e. The molecular formula is C23H23FN2O3. The van der Waals surface area contributed by atoms with Gasteiger partial charge < -0.3 is 20.1 Å². The van der Waals surface area contributed by atoms with E-state index in [0.29, 0.717) is 18.0 Å². The van der Waals surface area contributed by atoms with Crippen molar-refractivity contribution in [3.8, 4) is 11.5 Å². The average Bonchev–Trinajstić information content (AvgIpc) is 2.72. The monoisotopic (exact) mass is 394 g/mol. The number of hydrogen-bond donors (Lipinski definition) is 2. The summed E-state index contributed by atoms with van der Waals surface area (Å²) in [5.41, 5.74) is 3.57. The number of anilines is 2. The zero-order valence-electron chi connectivity index (χ0n) is 16.4. The van der Waals surface area contributed by atoms with E-state index in [1.807, 2.05) is 43.3 Å². The van der Waals surface area contributed by atoms with Gasteiger partial charge in [-0.25, -0.2) is 4.39 Å². The van der Waals surface area contributed by atoms with Crippen molar-refractivity contribution in [3.05, 3.63) is 83.7 Å². The van der Waals surface area contributed by atoms with Crippen LogP contribution in [0.2, 0.25) is 0 Å². The summed E-state index contributed by atoms with van der Waals surface area (Å²) >= 11 is 0. The van der Waals surface area contributed by atoms with Crippen LogP contribution in [0.1, 0.15) is 11.1 Å². The molecule has 0 bridgehead atoms. The van der Waals surface area contributed by atoms with Crippen molar-refractivity contribution in [2.45, 2.75) is 13.5 Å². The van der Waals surface area contributed by atoms with Crippen LogP contribution in [0.15, 0.2) is 66.7 Å². The van der Waals surface area contributed by atoms with E-state index >= 15 is 0 Å². The summed E-state index contributed by atoms with van der Waals surface area (Å²) in [5.74, 6) is 0.494. The summed E-state index contributed by atoms with van der Waals surface area (Å²) in [4.78, 5) is 12.1. The second-order valence-corrected chi connectivity index (χ2v) is 6.55. The predicted molar refractivity (Wildman–Crippen MR) is 112 cm³/mol. The third-order valence-corrected chi connectivity index (χ3v) is 4.23. The van der Waals surface area contributed by atoms with E-state index < -0.39 is 0 Å². The molecule has 0 spiro atoms. The Morgan fingerprint density at radius 1 is 0.966 bits per heavy atom. The van der Waals surface area contributed by atoms with Gasteiger partial charge in [0, 0.05) is 17.9 Å². The van der Waals surface area contributed by atoms with Crippen molar-refractivity contribution in [2.75, 3.05) is 24.4 Å². The lowest BCUT2D eigenvalue weighted by Gasteiger charge is -2.13. The van der Waals surface area contributed by atoms with Crippen LogP contribution in [0.3, 0.4) is 0 Å². The summed E-state index contributed by atoms with van der Waals surface area (Å²) in [6.45, 7) is 2.37. The number of ether oxygens (including phenoxy) is 2. The van der Waals surface area contributed by atoms with Crippen molar-refractivity contribution in [1.82, 2.24) is 0 Å². The van der Waals surface area contributed by atoms with Gasteiger partial charge in [-0.1, -0.05) is 18.2 Å². The summed E-state index contributed by atoms with van der Waals surface area (Å²) in [6.07, 6.45) is 0. The molecule has 0 saturated heterocycles. The summed E-state index contributed by atoms with van der Waals surface area (Å²) < 4.78 is 24.0. The molecule has 0 aliphatic heterocycles. The summed E-state index contributed by atoms with van der Waals surface area (Å²) in [7, 11) is 1.55. The number of rotatable bonds is 8. The zero-order valence-corrected chi connectivity index (χ0v) is 16.4. The summed E-state index contributed by atoms with van der Waals surface area (Å²) in [6, 6.07) is 19.2. The quantitative estimate of drug-likeness (QED) is 0.578. The van der Waals surface area contributed by atoms with E-state index in [1.54, 1.807) is 25.3 Å². The molecule has 0 fully saturated rings. The number of amides is 1. The first kappa shape index (κ1) is 20.2. The topological polar surface area (TPSA) is 59.6 Å². The molecule has 3 rings (SSSR count). The van der Waals surface area contributed by atoms with Crippen molar-refractivity contribution >= 4 is 17.3 Å². The van der Waals surface area contributed by atoms with Gasteiger partial charge in [-0.3, -0.25) is 4.79 Å². The minimum absolute atomic E-state index is 0.128. The Balaban J connectivity index is 1.56. The minimum atomic E-state index is -0.273. The van der Waals surface area contributed by atoms with Crippen LogP contribution >= 0.6 is 0 Å². The highest BCUT2D eigenvalue weighted by atomic mass is 19.1. The molecule has 2 N–H and O–H groups in total. The number of benzene rings is 3. The number of aryl methyl sites for hydroxylation is 1. The Morgan fingerprint density at radius 2 is 1.76 bits per heavy atom. The molecular weight excluding hydrogens is 371 g/mol. The van der Waals surface area contributed by atoms with Crippen LogP contribution in [0.4, 0.5) is 15.8 Å². The van der Waals surface area contributed by atoms with Gasteiger partial charge in [-0.05, 0) is 66.6 Å². The molecule has 0 heterocycles. The molecule has 6 heteroatoms. The highest BCUT2D eigenvalue weighted by Gasteiger charge is 2.09. The second kappa shape index (κ2) is 9.59. The van der Waals surface area contributed by atoms with Gasteiger partial charge in [-0.2, -0.15) is 0 Å². The number of methoxy groups -OCH3 is 1. The fraction of sp³-hybridized carbons (Fsp3) is 0.174. The van der Waals surface area contributed by atoms with Gasteiger partial charge in [0.15, 0.2) is 18.1 Å². The molecule has 0 aliphatic rings. The van der Waals surface area contributed by atoms with Gasteiger partial charge >= 0.3 is 0 Å². The molecule has 150 valence electrons. The Labute approximate surface area is 169 Å². The van der Waals surface area contributed by atoms with Gasteiger partial charge in [0.2, 0.25) is 0 Å². The van der Waals surface area contributed by atoms with Crippen LogP contribution in [0.25, 0.3) is 0 Å². The van der Waals surface area contributed by atoms with E-state index in [-0.39, 0.29) is 18.3 Å². The van der Waals surface area contributed by atoms with Crippen LogP contribution in [0.5, 0.6) is 11.5 Å². The van der Waals surface area contributed by atoms with E-state index in [9.17, 15) is 9.18 Å². The largest absolute Gasteiger partial charge is 0.493 e. The van der Waals surface area contributed by atoms with Gasteiger partial charge in [0.1, 0.15) is 5.82 Å². The lowest BCUT2D eigenvalue weighted by atomic mass is 10.2. The van der Waals surface area contributed by atoms with Crippen LogP contribution in [0, 0.1) is 12.7 Å². The Hall–Kier alpha value is -3.54. The van der Waals surface area contributed by atoms with Crippen LogP contribution in [-0.4, -0.2) is 19.6 Å². The zero-order chi connectivity index (χ0) is 20.6. The number of hydrogen-bond acceptors (Lipinski definition) is 4. The molecule has 0 atom stereocenters. The number of halogens is 1. The molecule has 0 radical (unpaired) electrons. The summed E-state index contributed by atoms with van der Waals surface area (Å²) in [5, 5.41) is 6.02. The van der Waals surface area contributed by atoms with E-state index in [4.69, 9.17) is 9.47 Å². The Morgan fingerprint density at radius 3 is 2.48 bits per heavy atom. The SMILES string of the molecule is COc1cc(CNc2ccc(F)cc2)ccc1OCC(=O)Nc1cccc(C)c1. The van der Waals surface area contributed by atoms with Crippen LogP contribution < -0.4 is 20.1 Å². The van der Waals surface area contributed by atoms with Crippen molar-refractivity contribution in [3.63, 3.8) is 0 Å². The third-order valence-electron chi connectivity index (χ3n) is 4.23. The first-order chi connectivity index (χ1) is 14.0. The maximum absolute atomic E-state index is 13.0.